The molecule has 0 unspecified atom stereocenters. The van der Waals surface area contributed by atoms with Crippen LogP contribution in [-0.4, -0.2) is 32.8 Å². The first kappa shape index (κ1) is 14.3. The SMILES string of the molecule is Cc1c(C(=O)NC2CC(C(=O)O)C2)cnn1-c1ccccc1. The molecule has 0 atom stereocenters. The molecule has 0 saturated heterocycles. The first-order chi connectivity index (χ1) is 10.6. The highest BCUT2D eigenvalue weighted by atomic mass is 16.4. The highest BCUT2D eigenvalue weighted by molar-refractivity contribution is 5.95. The average Bonchev–Trinajstić information content (AvgIpc) is 2.84. The largest absolute Gasteiger partial charge is 0.481 e. The molecule has 0 bridgehead atoms. The van der Waals surface area contributed by atoms with E-state index in [0.29, 0.717) is 18.4 Å². The maximum atomic E-state index is 12.3. The zero-order valence-electron chi connectivity index (χ0n) is 12.2. The lowest BCUT2D eigenvalue weighted by molar-refractivity contribution is -0.145. The molecule has 6 nitrogen and oxygen atoms in total. The zero-order chi connectivity index (χ0) is 15.7. The molecule has 1 amide bonds. The van der Waals surface area contributed by atoms with Gasteiger partial charge in [-0.15, -0.1) is 0 Å². The van der Waals surface area contributed by atoms with Crippen molar-refractivity contribution in [2.75, 3.05) is 0 Å². The summed E-state index contributed by atoms with van der Waals surface area (Å²) >= 11 is 0. The van der Waals surface area contributed by atoms with E-state index in [2.05, 4.69) is 10.4 Å². The van der Waals surface area contributed by atoms with Crippen LogP contribution in [0.2, 0.25) is 0 Å². The van der Waals surface area contributed by atoms with Gasteiger partial charge in [0.25, 0.3) is 5.91 Å². The Bertz CT molecular complexity index is 703. The van der Waals surface area contributed by atoms with E-state index < -0.39 is 5.97 Å². The molecule has 3 rings (SSSR count). The molecule has 22 heavy (non-hydrogen) atoms. The first-order valence-electron chi connectivity index (χ1n) is 7.20. The Hall–Kier alpha value is -2.63. The van der Waals surface area contributed by atoms with Gasteiger partial charge in [-0.3, -0.25) is 9.59 Å². The fraction of sp³-hybridized carbons (Fsp3) is 0.312. The normalized spacial score (nSPS) is 20.2. The van der Waals surface area contributed by atoms with Crippen LogP contribution in [0.4, 0.5) is 0 Å². The summed E-state index contributed by atoms with van der Waals surface area (Å²) in [6.45, 7) is 1.84. The Labute approximate surface area is 127 Å². The zero-order valence-corrected chi connectivity index (χ0v) is 12.2. The summed E-state index contributed by atoms with van der Waals surface area (Å²) < 4.78 is 1.72. The summed E-state index contributed by atoms with van der Waals surface area (Å²) in [4.78, 5) is 23.0. The first-order valence-corrected chi connectivity index (χ1v) is 7.20. The molecule has 0 radical (unpaired) electrons. The van der Waals surface area contributed by atoms with Crippen molar-refractivity contribution in [3.05, 3.63) is 47.8 Å². The van der Waals surface area contributed by atoms with E-state index in [9.17, 15) is 9.59 Å². The molecule has 1 aliphatic carbocycles. The van der Waals surface area contributed by atoms with E-state index >= 15 is 0 Å². The Kier molecular flexibility index (Phi) is 3.66. The van der Waals surface area contributed by atoms with Crippen LogP contribution < -0.4 is 5.32 Å². The number of rotatable bonds is 4. The number of carbonyl (C=O) groups excluding carboxylic acids is 1. The summed E-state index contributed by atoms with van der Waals surface area (Å²) in [6, 6.07) is 9.53. The number of benzene rings is 1. The topological polar surface area (TPSA) is 84.2 Å². The van der Waals surface area contributed by atoms with Gasteiger partial charge in [-0.05, 0) is 31.9 Å². The van der Waals surface area contributed by atoms with Crippen molar-refractivity contribution in [3.63, 3.8) is 0 Å². The summed E-state index contributed by atoms with van der Waals surface area (Å²) in [5, 5.41) is 16.0. The summed E-state index contributed by atoms with van der Waals surface area (Å²) in [6.07, 6.45) is 2.53. The maximum absolute atomic E-state index is 12.3. The summed E-state index contributed by atoms with van der Waals surface area (Å²) in [7, 11) is 0. The summed E-state index contributed by atoms with van der Waals surface area (Å²) in [5.41, 5.74) is 2.18. The number of hydrogen-bond acceptors (Lipinski definition) is 3. The van der Waals surface area contributed by atoms with Crippen molar-refractivity contribution in [2.45, 2.75) is 25.8 Å². The molecule has 1 aromatic carbocycles. The second kappa shape index (κ2) is 5.63. The standard InChI is InChI=1S/C16H17N3O3/c1-10-14(9-17-19(10)13-5-3-2-4-6-13)15(20)18-12-7-11(8-12)16(21)22/h2-6,9,11-12H,7-8H2,1H3,(H,18,20)(H,21,22). The molecule has 1 aromatic heterocycles. The highest BCUT2D eigenvalue weighted by Gasteiger charge is 2.35. The number of aliphatic carboxylic acids is 1. The van der Waals surface area contributed by atoms with Gasteiger partial charge in [-0.1, -0.05) is 18.2 Å². The van der Waals surface area contributed by atoms with E-state index in [1.807, 2.05) is 37.3 Å². The van der Waals surface area contributed by atoms with Crippen LogP contribution >= 0.6 is 0 Å². The molecule has 1 heterocycles. The average molecular weight is 299 g/mol. The van der Waals surface area contributed by atoms with Gasteiger partial charge in [-0.2, -0.15) is 5.10 Å². The monoisotopic (exact) mass is 299 g/mol. The maximum Gasteiger partial charge on any atom is 0.306 e. The fourth-order valence-corrected chi connectivity index (χ4v) is 2.66. The number of carbonyl (C=O) groups is 2. The lowest BCUT2D eigenvalue weighted by Crippen LogP contribution is -2.46. The Balaban J connectivity index is 1.70. The van der Waals surface area contributed by atoms with Crippen molar-refractivity contribution >= 4 is 11.9 Å². The van der Waals surface area contributed by atoms with E-state index in [1.165, 1.54) is 0 Å². The molecule has 1 aliphatic rings. The van der Waals surface area contributed by atoms with E-state index in [1.54, 1.807) is 10.9 Å². The van der Waals surface area contributed by atoms with Gasteiger partial charge in [0.2, 0.25) is 0 Å². The lowest BCUT2D eigenvalue weighted by Gasteiger charge is -2.32. The number of nitrogens with zero attached hydrogens (tertiary/aromatic N) is 2. The number of para-hydroxylation sites is 1. The van der Waals surface area contributed by atoms with E-state index in [0.717, 1.165) is 11.4 Å². The van der Waals surface area contributed by atoms with Crippen LogP contribution in [0.25, 0.3) is 5.69 Å². The Morgan fingerprint density at radius 2 is 1.95 bits per heavy atom. The summed E-state index contributed by atoms with van der Waals surface area (Å²) in [5.74, 6) is -1.33. The quantitative estimate of drug-likeness (QED) is 0.901. The minimum absolute atomic E-state index is 0.0620. The number of hydrogen-bond donors (Lipinski definition) is 2. The van der Waals surface area contributed by atoms with Crippen LogP contribution in [0.1, 0.15) is 28.9 Å². The molecule has 0 spiro atoms. The minimum atomic E-state index is -0.793. The van der Waals surface area contributed by atoms with Crippen LogP contribution in [0.3, 0.4) is 0 Å². The second-order valence-corrected chi connectivity index (χ2v) is 5.57. The molecule has 0 aliphatic heterocycles. The van der Waals surface area contributed by atoms with Gasteiger partial charge >= 0.3 is 5.97 Å². The number of aromatic nitrogens is 2. The van der Waals surface area contributed by atoms with Gasteiger partial charge in [-0.25, -0.2) is 4.68 Å². The molecular weight excluding hydrogens is 282 g/mol. The van der Waals surface area contributed by atoms with Gasteiger partial charge in [0.1, 0.15) is 0 Å². The van der Waals surface area contributed by atoms with Gasteiger partial charge in [0.15, 0.2) is 0 Å². The molecule has 6 heteroatoms. The minimum Gasteiger partial charge on any atom is -0.481 e. The third-order valence-corrected chi connectivity index (χ3v) is 4.08. The van der Waals surface area contributed by atoms with Crippen LogP contribution in [-0.2, 0) is 4.79 Å². The highest BCUT2D eigenvalue weighted by Crippen LogP contribution is 2.27. The number of nitrogens with one attached hydrogen (secondary N) is 1. The number of amides is 1. The third-order valence-electron chi connectivity index (χ3n) is 4.08. The lowest BCUT2D eigenvalue weighted by atomic mass is 9.80. The van der Waals surface area contributed by atoms with Crippen molar-refractivity contribution < 1.29 is 14.7 Å². The molecule has 1 saturated carbocycles. The fourth-order valence-electron chi connectivity index (χ4n) is 2.66. The van der Waals surface area contributed by atoms with Crippen molar-refractivity contribution in [1.82, 2.24) is 15.1 Å². The molecular formula is C16H17N3O3. The number of carboxylic acids is 1. The van der Waals surface area contributed by atoms with Gasteiger partial charge in [0, 0.05) is 6.04 Å². The van der Waals surface area contributed by atoms with Gasteiger partial charge in [0.05, 0.1) is 29.1 Å². The second-order valence-electron chi connectivity index (χ2n) is 5.57. The smallest absolute Gasteiger partial charge is 0.306 e. The van der Waals surface area contributed by atoms with Crippen LogP contribution in [0.15, 0.2) is 36.5 Å². The van der Waals surface area contributed by atoms with Gasteiger partial charge < -0.3 is 10.4 Å². The Morgan fingerprint density at radius 3 is 2.59 bits per heavy atom. The molecule has 1 fully saturated rings. The molecule has 114 valence electrons. The van der Waals surface area contributed by atoms with E-state index in [-0.39, 0.29) is 17.9 Å². The van der Waals surface area contributed by atoms with Crippen molar-refractivity contribution in [3.8, 4) is 5.69 Å². The van der Waals surface area contributed by atoms with Crippen LogP contribution in [0, 0.1) is 12.8 Å². The Morgan fingerprint density at radius 1 is 1.27 bits per heavy atom. The molecule has 2 aromatic rings. The van der Waals surface area contributed by atoms with Crippen LogP contribution in [0.5, 0.6) is 0 Å². The predicted octanol–water partition coefficient (Wildman–Crippen LogP) is 1.77. The number of carboxylic acid groups (broad SMARTS) is 1. The van der Waals surface area contributed by atoms with E-state index in [4.69, 9.17) is 5.11 Å². The predicted molar refractivity (Wildman–Crippen MR) is 79.9 cm³/mol. The molecule has 2 N–H and O–H groups in total. The van der Waals surface area contributed by atoms with Crippen molar-refractivity contribution in [1.29, 1.82) is 0 Å². The van der Waals surface area contributed by atoms with Crippen molar-refractivity contribution in [2.24, 2.45) is 5.92 Å². The third kappa shape index (κ3) is 2.59.